The maximum Gasteiger partial charge on any atom is 0.191 e. The van der Waals surface area contributed by atoms with Crippen molar-refractivity contribution in [2.75, 3.05) is 26.2 Å². The number of halogens is 3. The van der Waals surface area contributed by atoms with E-state index in [4.69, 9.17) is 11.6 Å². The number of rotatable bonds is 7. The minimum atomic E-state index is -0.262. The highest BCUT2D eigenvalue weighted by Gasteiger charge is 2.27. The second-order valence-electron chi connectivity index (χ2n) is 6.79. The number of nitrogens with one attached hydrogen (secondary N) is 2. The van der Waals surface area contributed by atoms with E-state index >= 15 is 0 Å². The van der Waals surface area contributed by atoms with E-state index in [-0.39, 0.29) is 35.8 Å². The molecule has 29 heavy (non-hydrogen) atoms. The zero-order valence-corrected chi connectivity index (χ0v) is 19.7. The van der Waals surface area contributed by atoms with Crippen molar-refractivity contribution in [3.63, 3.8) is 0 Å². The molecule has 158 valence electrons. The van der Waals surface area contributed by atoms with Gasteiger partial charge in [-0.25, -0.2) is 9.38 Å². The van der Waals surface area contributed by atoms with E-state index in [1.165, 1.54) is 6.07 Å². The minimum Gasteiger partial charge on any atom is -0.357 e. The van der Waals surface area contributed by atoms with Crippen molar-refractivity contribution >= 4 is 41.5 Å². The molecular weight excluding hydrogens is 504 g/mol. The van der Waals surface area contributed by atoms with Crippen LogP contribution in [0.2, 0.25) is 5.02 Å². The van der Waals surface area contributed by atoms with E-state index in [0.717, 1.165) is 38.2 Å². The van der Waals surface area contributed by atoms with Crippen LogP contribution in [-0.4, -0.2) is 42.0 Å². The molecular formula is C21H28ClFIN5. The average Bonchev–Trinajstić information content (AvgIpc) is 3.23. The number of guanidine groups is 1. The Morgan fingerprint density at radius 2 is 2.00 bits per heavy atom. The zero-order valence-electron chi connectivity index (χ0n) is 16.6. The Bertz CT molecular complexity index is 764. The normalized spacial score (nSPS) is 15.6. The maximum atomic E-state index is 14.6. The standard InChI is InChI=1S/C21H27ClFN5.HI/c1-2-24-21(26-14-16-8-3-4-11-25-16)27-15-19(28-12-5-6-13-28)20-17(22)9-7-10-18(20)23;/h3-4,7-11,19H,2,5-6,12-15H2,1H3,(H2,24,26,27);1H. The van der Waals surface area contributed by atoms with Crippen LogP contribution in [0.25, 0.3) is 0 Å². The second kappa shape index (κ2) is 12.3. The third-order valence-corrected chi connectivity index (χ3v) is 5.18. The molecule has 2 heterocycles. The number of hydrogen-bond donors (Lipinski definition) is 2. The Morgan fingerprint density at radius 1 is 1.21 bits per heavy atom. The summed E-state index contributed by atoms with van der Waals surface area (Å²) >= 11 is 6.37. The summed E-state index contributed by atoms with van der Waals surface area (Å²) in [6.45, 7) is 5.64. The summed E-state index contributed by atoms with van der Waals surface area (Å²) < 4.78 is 14.6. The maximum absolute atomic E-state index is 14.6. The zero-order chi connectivity index (χ0) is 19.8. The molecule has 0 radical (unpaired) electrons. The summed E-state index contributed by atoms with van der Waals surface area (Å²) in [4.78, 5) is 11.2. The van der Waals surface area contributed by atoms with Gasteiger partial charge in [0.25, 0.3) is 0 Å². The molecule has 3 rings (SSSR count). The molecule has 2 aromatic rings. The first-order valence-corrected chi connectivity index (χ1v) is 10.2. The van der Waals surface area contributed by atoms with Crippen LogP contribution in [0.4, 0.5) is 4.39 Å². The first-order chi connectivity index (χ1) is 13.7. The van der Waals surface area contributed by atoms with Gasteiger partial charge in [0.2, 0.25) is 0 Å². The summed E-state index contributed by atoms with van der Waals surface area (Å²) in [5.41, 5.74) is 1.45. The van der Waals surface area contributed by atoms with Gasteiger partial charge in [-0.05, 0) is 57.1 Å². The van der Waals surface area contributed by atoms with Crippen LogP contribution in [0.15, 0.2) is 47.6 Å². The van der Waals surface area contributed by atoms with Crippen molar-refractivity contribution in [2.24, 2.45) is 4.99 Å². The van der Waals surface area contributed by atoms with Crippen LogP contribution < -0.4 is 10.6 Å². The lowest BCUT2D eigenvalue weighted by Gasteiger charge is -2.29. The molecule has 0 spiro atoms. The minimum absolute atomic E-state index is 0. The van der Waals surface area contributed by atoms with E-state index in [1.807, 2.05) is 25.1 Å². The molecule has 0 bridgehead atoms. The van der Waals surface area contributed by atoms with Gasteiger partial charge in [-0.3, -0.25) is 9.88 Å². The molecule has 1 saturated heterocycles. The van der Waals surface area contributed by atoms with Gasteiger partial charge in [-0.2, -0.15) is 0 Å². The predicted molar refractivity (Wildman–Crippen MR) is 127 cm³/mol. The van der Waals surface area contributed by atoms with Gasteiger partial charge >= 0.3 is 0 Å². The van der Waals surface area contributed by atoms with E-state index in [9.17, 15) is 4.39 Å². The topological polar surface area (TPSA) is 52.6 Å². The fourth-order valence-electron chi connectivity index (χ4n) is 3.48. The van der Waals surface area contributed by atoms with Crippen molar-refractivity contribution in [3.8, 4) is 0 Å². The van der Waals surface area contributed by atoms with Crippen LogP contribution >= 0.6 is 35.6 Å². The molecule has 1 aromatic heterocycles. The van der Waals surface area contributed by atoms with Crippen LogP contribution in [0.5, 0.6) is 0 Å². The van der Waals surface area contributed by atoms with Crippen LogP contribution in [0.1, 0.15) is 37.1 Å². The lowest BCUT2D eigenvalue weighted by molar-refractivity contribution is 0.240. The Morgan fingerprint density at radius 3 is 2.66 bits per heavy atom. The molecule has 8 heteroatoms. The second-order valence-corrected chi connectivity index (χ2v) is 7.20. The van der Waals surface area contributed by atoms with Crippen molar-refractivity contribution in [1.82, 2.24) is 20.5 Å². The number of aliphatic imine (C=N–C) groups is 1. The molecule has 1 atom stereocenters. The highest BCUT2D eigenvalue weighted by Crippen LogP contribution is 2.31. The summed E-state index contributed by atoms with van der Waals surface area (Å²) in [6.07, 6.45) is 4.00. The van der Waals surface area contributed by atoms with Crippen LogP contribution in [0.3, 0.4) is 0 Å². The van der Waals surface area contributed by atoms with Gasteiger partial charge in [-0.1, -0.05) is 23.7 Å². The van der Waals surface area contributed by atoms with E-state index in [2.05, 4.69) is 25.5 Å². The molecule has 1 aromatic carbocycles. The molecule has 1 fully saturated rings. The Hall–Kier alpha value is -1.45. The molecule has 0 aliphatic carbocycles. The molecule has 0 saturated carbocycles. The first-order valence-electron chi connectivity index (χ1n) is 9.79. The molecule has 1 aliphatic rings. The number of hydrogen-bond acceptors (Lipinski definition) is 3. The molecule has 1 aliphatic heterocycles. The molecule has 5 nitrogen and oxygen atoms in total. The van der Waals surface area contributed by atoms with Crippen molar-refractivity contribution in [2.45, 2.75) is 32.4 Å². The number of likely N-dealkylation sites (tertiary alicyclic amines) is 1. The summed E-state index contributed by atoms with van der Waals surface area (Å²) in [5.74, 6) is 0.423. The van der Waals surface area contributed by atoms with Crippen molar-refractivity contribution in [3.05, 3.63) is 64.7 Å². The molecule has 1 unspecified atom stereocenters. The Balaban J connectivity index is 0.00000300. The van der Waals surface area contributed by atoms with Gasteiger partial charge in [0.1, 0.15) is 5.82 Å². The van der Waals surface area contributed by atoms with Crippen molar-refractivity contribution in [1.29, 1.82) is 0 Å². The summed E-state index contributed by atoms with van der Waals surface area (Å²) in [5, 5.41) is 7.08. The van der Waals surface area contributed by atoms with Gasteiger partial charge in [-0.15, -0.1) is 24.0 Å². The number of pyridine rings is 1. The smallest absolute Gasteiger partial charge is 0.191 e. The lowest BCUT2D eigenvalue weighted by Crippen LogP contribution is -2.43. The largest absolute Gasteiger partial charge is 0.357 e. The van der Waals surface area contributed by atoms with E-state index in [0.29, 0.717) is 29.6 Å². The number of benzene rings is 1. The Labute approximate surface area is 194 Å². The van der Waals surface area contributed by atoms with Crippen LogP contribution in [0, 0.1) is 5.82 Å². The lowest BCUT2D eigenvalue weighted by atomic mass is 10.0. The van der Waals surface area contributed by atoms with Crippen molar-refractivity contribution < 1.29 is 4.39 Å². The fraction of sp³-hybridized carbons (Fsp3) is 0.429. The van der Waals surface area contributed by atoms with Gasteiger partial charge < -0.3 is 10.6 Å². The quantitative estimate of drug-likeness (QED) is 0.316. The van der Waals surface area contributed by atoms with E-state index in [1.54, 1.807) is 18.3 Å². The third kappa shape index (κ3) is 6.79. The fourth-order valence-corrected chi connectivity index (χ4v) is 3.77. The summed E-state index contributed by atoms with van der Waals surface area (Å²) in [6, 6.07) is 10.5. The Kier molecular flexibility index (Phi) is 10.1. The number of nitrogens with zero attached hydrogens (tertiary/aromatic N) is 3. The van der Waals surface area contributed by atoms with Gasteiger partial charge in [0.05, 0.1) is 18.3 Å². The summed E-state index contributed by atoms with van der Waals surface area (Å²) in [7, 11) is 0. The predicted octanol–water partition coefficient (Wildman–Crippen LogP) is 4.38. The highest BCUT2D eigenvalue weighted by molar-refractivity contribution is 14.0. The molecule has 0 amide bonds. The third-order valence-electron chi connectivity index (χ3n) is 4.85. The average molecular weight is 532 g/mol. The monoisotopic (exact) mass is 531 g/mol. The van der Waals surface area contributed by atoms with Crippen LogP contribution in [-0.2, 0) is 6.54 Å². The first kappa shape index (κ1) is 23.8. The molecule has 2 N–H and O–H groups in total. The van der Waals surface area contributed by atoms with Gasteiger partial charge in [0, 0.05) is 29.9 Å². The van der Waals surface area contributed by atoms with E-state index < -0.39 is 0 Å². The highest BCUT2D eigenvalue weighted by atomic mass is 127. The number of aromatic nitrogens is 1. The van der Waals surface area contributed by atoms with Gasteiger partial charge in [0.15, 0.2) is 5.96 Å². The SMILES string of the molecule is CCNC(=NCc1ccccn1)NCC(c1c(F)cccc1Cl)N1CCCC1.I.